The summed E-state index contributed by atoms with van der Waals surface area (Å²) in [5, 5.41) is 4.25. The number of carbonyl (C=O) groups is 1. The molecule has 2 aromatic rings. The molecule has 0 saturated carbocycles. The van der Waals surface area contributed by atoms with Crippen molar-refractivity contribution < 1.29 is 4.79 Å². The summed E-state index contributed by atoms with van der Waals surface area (Å²) in [5.41, 5.74) is 7.60. The number of anilines is 1. The minimum absolute atomic E-state index is 0.427. The molecule has 2 rings (SSSR count). The molecule has 3 N–H and O–H groups in total. The van der Waals surface area contributed by atoms with Gasteiger partial charge in [-0.1, -0.05) is 35.3 Å². The van der Waals surface area contributed by atoms with E-state index in [0.29, 0.717) is 22.2 Å². The van der Waals surface area contributed by atoms with Crippen molar-refractivity contribution in [3.05, 3.63) is 63.6 Å². The first-order chi connectivity index (χ1) is 9.06. The molecule has 0 fully saturated rings. The van der Waals surface area contributed by atoms with Crippen LogP contribution < -0.4 is 11.1 Å². The van der Waals surface area contributed by atoms with Gasteiger partial charge in [0.05, 0.1) is 10.0 Å². The summed E-state index contributed by atoms with van der Waals surface area (Å²) in [7, 11) is 0. The van der Waals surface area contributed by atoms with Gasteiger partial charge in [0.15, 0.2) is 0 Å². The molecule has 0 unspecified atom stereocenters. The van der Waals surface area contributed by atoms with Crippen molar-refractivity contribution in [3.63, 3.8) is 0 Å². The minimum atomic E-state index is -0.427. The van der Waals surface area contributed by atoms with Crippen LogP contribution in [0.5, 0.6) is 0 Å². The highest BCUT2D eigenvalue weighted by Gasteiger charge is 2.01. The van der Waals surface area contributed by atoms with Crippen molar-refractivity contribution in [2.24, 2.45) is 5.73 Å². The fourth-order valence-electron chi connectivity index (χ4n) is 1.60. The Bertz CT molecular complexity index is 597. The molecule has 0 bridgehead atoms. The third-order valence-electron chi connectivity index (χ3n) is 2.65. The van der Waals surface area contributed by atoms with Crippen molar-refractivity contribution >= 4 is 34.8 Å². The molecule has 0 heterocycles. The standard InChI is InChI=1S/C14H12Cl2N2O/c15-12-6-5-11(7-13(12)16)18-8-9-1-3-10(4-2-9)14(17)19/h1-7,18H,8H2,(H2,17,19). The lowest BCUT2D eigenvalue weighted by atomic mass is 10.1. The number of nitrogens with one attached hydrogen (secondary N) is 1. The maximum absolute atomic E-state index is 10.9. The van der Waals surface area contributed by atoms with E-state index >= 15 is 0 Å². The molecule has 0 radical (unpaired) electrons. The molecular weight excluding hydrogens is 283 g/mol. The van der Waals surface area contributed by atoms with Gasteiger partial charge in [-0.15, -0.1) is 0 Å². The van der Waals surface area contributed by atoms with E-state index < -0.39 is 5.91 Å². The van der Waals surface area contributed by atoms with Gasteiger partial charge in [0.1, 0.15) is 0 Å². The maximum atomic E-state index is 10.9. The van der Waals surface area contributed by atoms with E-state index in [2.05, 4.69) is 5.32 Å². The van der Waals surface area contributed by atoms with Crippen molar-refractivity contribution in [1.29, 1.82) is 0 Å². The Morgan fingerprint density at radius 2 is 1.74 bits per heavy atom. The Balaban J connectivity index is 2.01. The monoisotopic (exact) mass is 294 g/mol. The van der Waals surface area contributed by atoms with Gasteiger partial charge in [-0.2, -0.15) is 0 Å². The largest absolute Gasteiger partial charge is 0.381 e. The van der Waals surface area contributed by atoms with E-state index in [-0.39, 0.29) is 0 Å². The van der Waals surface area contributed by atoms with Crippen LogP contribution in [0, 0.1) is 0 Å². The number of primary amides is 1. The van der Waals surface area contributed by atoms with Crippen LogP contribution in [0.3, 0.4) is 0 Å². The molecule has 3 nitrogen and oxygen atoms in total. The van der Waals surface area contributed by atoms with Crippen LogP contribution in [-0.4, -0.2) is 5.91 Å². The zero-order chi connectivity index (χ0) is 13.8. The number of hydrogen-bond donors (Lipinski definition) is 2. The van der Waals surface area contributed by atoms with Gasteiger partial charge in [0.25, 0.3) is 0 Å². The molecule has 0 aromatic heterocycles. The highest BCUT2D eigenvalue weighted by molar-refractivity contribution is 6.42. The first-order valence-electron chi connectivity index (χ1n) is 5.64. The molecule has 2 aromatic carbocycles. The lowest BCUT2D eigenvalue weighted by molar-refractivity contribution is 0.100. The number of nitrogens with two attached hydrogens (primary N) is 1. The molecule has 0 aliphatic carbocycles. The van der Waals surface area contributed by atoms with Gasteiger partial charge in [-0.3, -0.25) is 4.79 Å². The molecule has 0 aliphatic heterocycles. The van der Waals surface area contributed by atoms with E-state index in [0.717, 1.165) is 11.3 Å². The number of carbonyl (C=O) groups excluding carboxylic acids is 1. The minimum Gasteiger partial charge on any atom is -0.381 e. The van der Waals surface area contributed by atoms with Gasteiger partial charge in [-0.05, 0) is 35.9 Å². The molecule has 0 saturated heterocycles. The molecule has 5 heteroatoms. The van der Waals surface area contributed by atoms with E-state index in [9.17, 15) is 4.79 Å². The van der Waals surface area contributed by atoms with Crippen LogP contribution in [0.1, 0.15) is 15.9 Å². The highest BCUT2D eigenvalue weighted by atomic mass is 35.5. The Morgan fingerprint density at radius 3 is 2.32 bits per heavy atom. The van der Waals surface area contributed by atoms with Crippen molar-refractivity contribution in [2.45, 2.75) is 6.54 Å². The number of amides is 1. The summed E-state index contributed by atoms with van der Waals surface area (Å²) in [6.45, 7) is 0.622. The Hall–Kier alpha value is -1.71. The fourth-order valence-corrected chi connectivity index (χ4v) is 1.90. The Morgan fingerprint density at radius 1 is 1.05 bits per heavy atom. The molecule has 0 aliphatic rings. The number of hydrogen-bond acceptors (Lipinski definition) is 2. The molecule has 1 amide bonds. The smallest absolute Gasteiger partial charge is 0.248 e. The van der Waals surface area contributed by atoms with Gasteiger partial charge in [0, 0.05) is 17.8 Å². The molecule has 98 valence electrons. The Kier molecular flexibility index (Phi) is 4.30. The van der Waals surface area contributed by atoms with E-state index in [1.54, 1.807) is 24.3 Å². The first kappa shape index (κ1) is 13.7. The molecule has 0 spiro atoms. The number of halogens is 2. The predicted molar refractivity (Wildman–Crippen MR) is 78.7 cm³/mol. The summed E-state index contributed by atoms with van der Waals surface area (Å²) in [6, 6.07) is 12.5. The van der Waals surface area contributed by atoms with Gasteiger partial charge >= 0.3 is 0 Å². The topological polar surface area (TPSA) is 55.1 Å². The summed E-state index contributed by atoms with van der Waals surface area (Å²) in [5.74, 6) is -0.427. The van der Waals surface area contributed by atoms with Gasteiger partial charge < -0.3 is 11.1 Å². The fraction of sp³-hybridized carbons (Fsp3) is 0.0714. The summed E-state index contributed by atoms with van der Waals surface area (Å²) < 4.78 is 0. The van der Waals surface area contributed by atoms with Crippen LogP contribution >= 0.6 is 23.2 Å². The van der Waals surface area contributed by atoms with E-state index in [1.807, 2.05) is 18.2 Å². The lowest BCUT2D eigenvalue weighted by Gasteiger charge is -2.08. The summed E-state index contributed by atoms with van der Waals surface area (Å²) in [4.78, 5) is 10.9. The SMILES string of the molecule is NC(=O)c1ccc(CNc2ccc(Cl)c(Cl)c2)cc1. The lowest BCUT2D eigenvalue weighted by Crippen LogP contribution is -2.10. The average Bonchev–Trinajstić information content (AvgIpc) is 2.40. The third-order valence-corrected chi connectivity index (χ3v) is 3.39. The normalized spacial score (nSPS) is 10.2. The van der Waals surface area contributed by atoms with Crippen molar-refractivity contribution in [2.75, 3.05) is 5.32 Å². The van der Waals surface area contributed by atoms with Gasteiger partial charge in [-0.25, -0.2) is 0 Å². The predicted octanol–water partition coefficient (Wildman–Crippen LogP) is 3.70. The second kappa shape index (κ2) is 5.95. The van der Waals surface area contributed by atoms with E-state index in [1.165, 1.54) is 0 Å². The maximum Gasteiger partial charge on any atom is 0.248 e. The third kappa shape index (κ3) is 3.63. The first-order valence-corrected chi connectivity index (χ1v) is 6.39. The van der Waals surface area contributed by atoms with Crippen LogP contribution in [-0.2, 0) is 6.54 Å². The average molecular weight is 295 g/mol. The second-order valence-electron chi connectivity index (χ2n) is 4.04. The number of benzene rings is 2. The quantitative estimate of drug-likeness (QED) is 0.903. The van der Waals surface area contributed by atoms with Crippen LogP contribution in [0.4, 0.5) is 5.69 Å². The van der Waals surface area contributed by atoms with Crippen LogP contribution in [0.2, 0.25) is 10.0 Å². The van der Waals surface area contributed by atoms with Crippen LogP contribution in [0.15, 0.2) is 42.5 Å². The molecular formula is C14H12Cl2N2O. The van der Waals surface area contributed by atoms with E-state index in [4.69, 9.17) is 28.9 Å². The summed E-state index contributed by atoms with van der Waals surface area (Å²) >= 11 is 11.8. The second-order valence-corrected chi connectivity index (χ2v) is 4.86. The Labute approximate surface area is 121 Å². The van der Waals surface area contributed by atoms with Crippen molar-refractivity contribution in [3.8, 4) is 0 Å². The van der Waals surface area contributed by atoms with Crippen molar-refractivity contribution in [1.82, 2.24) is 0 Å². The summed E-state index contributed by atoms with van der Waals surface area (Å²) in [6.07, 6.45) is 0. The highest BCUT2D eigenvalue weighted by Crippen LogP contribution is 2.25. The number of rotatable bonds is 4. The zero-order valence-corrected chi connectivity index (χ0v) is 11.5. The van der Waals surface area contributed by atoms with Crippen LogP contribution in [0.25, 0.3) is 0 Å². The molecule has 0 atom stereocenters. The zero-order valence-electron chi connectivity index (χ0n) is 9.99. The molecule has 19 heavy (non-hydrogen) atoms. The van der Waals surface area contributed by atoms with Gasteiger partial charge in [0.2, 0.25) is 5.91 Å².